The molecule has 1 aliphatic carbocycles. The van der Waals surface area contributed by atoms with Gasteiger partial charge in [-0.2, -0.15) is 13.2 Å². The fraction of sp³-hybridized carbons (Fsp3) is 0.172. The third-order valence-electron chi connectivity index (χ3n) is 6.29. The lowest BCUT2D eigenvalue weighted by Crippen LogP contribution is -2.20. The quantitative estimate of drug-likeness (QED) is 0.324. The number of hydrogen-bond donors (Lipinski definition) is 1. The first-order valence-electron chi connectivity index (χ1n) is 12.4. The average molecular weight is 567 g/mol. The van der Waals surface area contributed by atoms with Crippen LogP contribution >= 0.6 is 0 Å². The predicted octanol–water partition coefficient (Wildman–Crippen LogP) is 6.77. The molecule has 0 atom stereocenters. The second-order valence-electron chi connectivity index (χ2n) is 9.19. The Bertz CT molecular complexity index is 1610. The maximum atomic E-state index is 13.5. The summed E-state index contributed by atoms with van der Waals surface area (Å²) < 4.78 is 74.1. The molecule has 2 aromatic carbocycles. The lowest BCUT2D eigenvalue weighted by molar-refractivity contribution is -0.139. The van der Waals surface area contributed by atoms with Gasteiger partial charge in [-0.15, -0.1) is 0 Å². The van der Waals surface area contributed by atoms with Gasteiger partial charge in [-0.3, -0.25) is 9.71 Å². The van der Waals surface area contributed by atoms with Gasteiger partial charge in [-0.25, -0.2) is 13.4 Å². The lowest BCUT2D eigenvalue weighted by atomic mass is 10.0. The summed E-state index contributed by atoms with van der Waals surface area (Å²) in [5, 5.41) is 0. The summed E-state index contributed by atoms with van der Waals surface area (Å²) in [6.07, 6.45) is 12.3. The molecule has 7 nitrogen and oxygen atoms in total. The van der Waals surface area contributed by atoms with E-state index in [9.17, 15) is 21.6 Å². The molecule has 0 amide bonds. The molecule has 1 aromatic heterocycles. The van der Waals surface area contributed by atoms with E-state index in [0.717, 1.165) is 48.8 Å². The minimum Gasteiger partial charge on any atom is -0.466 e. The van der Waals surface area contributed by atoms with Crippen molar-refractivity contribution < 1.29 is 26.3 Å². The van der Waals surface area contributed by atoms with Crippen molar-refractivity contribution in [2.45, 2.75) is 36.9 Å². The molecule has 2 aliphatic rings. The zero-order valence-electron chi connectivity index (χ0n) is 21.2. The molecular formula is C29H25F3N4O3S. The van der Waals surface area contributed by atoms with Crippen LogP contribution in [0, 0.1) is 0 Å². The SMILES string of the molecule is O=S(=O)(Nc1nccnc1-c1ccc(CN2C=COC(CC3=CC=CCC3)=C2)cc1)c1ccccc1C(F)(F)F. The Morgan fingerprint density at radius 2 is 1.80 bits per heavy atom. The molecule has 0 spiro atoms. The number of halogens is 3. The first kappa shape index (κ1) is 27.2. The molecule has 206 valence electrons. The van der Waals surface area contributed by atoms with Crippen LogP contribution in [0.15, 0.2) is 114 Å². The normalized spacial score (nSPS) is 15.3. The lowest BCUT2D eigenvalue weighted by Gasteiger charge is -2.22. The molecule has 0 bridgehead atoms. The van der Waals surface area contributed by atoms with Crippen molar-refractivity contribution >= 4 is 15.8 Å². The molecule has 11 heteroatoms. The van der Waals surface area contributed by atoms with Crippen LogP contribution in [0.5, 0.6) is 0 Å². The fourth-order valence-electron chi connectivity index (χ4n) is 4.38. The molecule has 2 heterocycles. The van der Waals surface area contributed by atoms with Gasteiger partial charge in [-0.1, -0.05) is 60.2 Å². The smallest absolute Gasteiger partial charge is 0.417 e. The van der Waals surface area contributed by atoms with Gasteiger partial charge in [-0.05, 0) is 30.5 Å². The van der Waals surface area contributed by atoms with E-state index in [1.165, 1.54) is 24.0 Å². The minimum absolute atomic E-state index is 0.178. The number of anilines is 1. The first-order valence-corrected chi connectivity index (χ1v) is 13.9. The molecule has 40 heavy (non-hydrogen) atoms. The minimum atomic E-state index is -4.84. The molecule has 0 unspecified atom stereocenters. The van der Waals surface area contributed by atoms with E-state index in [1.807, 2.05) is 29.4 Å². The third-order valence-corrected chi connectivity index (χ3v) is 7.68. The van der Waals surface area contributed by atoms with Gasteiger partial charge >= 0.3 is 6.18 Å². The summed E-state index contributed by atoms with van der Waals surface area (Å²) in [6, 6.07) is 11.2. The van der Waals surface area contributed by atoms with Gasteiger partial charge in [0.15, 0.2) is 5.82 Å². The average Bonchev–Trinajstić information content (AvgIpc) is 2.94. The van der Waals surface area contributed by atoms with Crippen molar-refractivity contribution in [3.05, 3.63) is 120 Å². The Labute approximate surface area is 230 Å². The zero-order valence-corrected chi connectivity index (χ0v) is 22.0. The number of aromatic nitrogens is 2. The Kier molecular flexibility index (Phi) is 7.74. The van der Waals surface area contributed by atoms with E-state index in [1.54, 1.807) is 18.4 Å². The van der Waals surface area contributed by atoms with E-state index >= 15 is 0 Å². The van der Waals surface area contributed by atoms with Crippen LogP contribution in [0.2, 0.25) is 0 Å². The molecule has 0 saturated carbocycles. The molecular weight excluding hydrogens is 541 g/mol. The van der Waals surface area contributed by atoms with Gasteiger partial charge in [0, 0.05) is 43.3 Å². The van der Waals surface area contributed by atoms with Gasteiger partial charge in [0.1, 0.15) is 17.7 Å². The van der Waals surface area contributed by atoms with Crippen LogP contribution in [-0.2, 0) is 27.5 Å². The summed E-state index contributed by atoms with van der Waals surface area (Å²) in [4.78, 5) is 9.40. The Balaban J connectivity index is 1.32. The number of ether oxygens (including phenoxy) is 1. The topological polar surface area (TPSA) is 84.4 Å². The van der Waals surface area contributed by atoms with Crippen LogP contribution < -0.4 is 4.72 Å². The molecule has 5 rings (SSSR count). The van der Waals surface area contributed by atoms with Crippen LogP contribution in [-0.4, -0.2) is 23.3 Å². The van der Waals surface area contributed by atoms with Crippen LogP contribution in [0.1, 0.15) is 30.4 Å². The second kappa shape index (κ2) is 11.4. The van der Waals surface area contributed by atoms with Crippen molar-refractivity contribution in [2.24, 2.45) is 0 Å². The molecule has 0 fully saturated rings. The molecule has 1 N–H and O–H groups in total. The molecule has 1 aliphatic heterocycles. The number of alkyl halides is 3. The molecule has 0 radical (unpaired) electrons. The number of rotatable bonds is 8. The Morgan fingerprint density at radius 3 is 2.55 bits per heavy atom. The van der Waals surface area contributed by atoms with Gasteiger partial charge in [0.05, 0.1) is 10.5 Å². The predicted molar refractivity (Wildman–Crippen MR) is 145 cm³/mol. The number of sulfonamides is 1. The second-order valence-corrected chi connectivity index (χ2v) is 10.8. The number of nitrogens with zero attached hydrogens (tertiary/aromatic N) is 3. The van der Waals surface area contributed by atoms with E-state index < -0.39 is 26.7 Å². The van der Waals surface area contributed by atoms with Crippen molar-refractivity contribution in [1.82, 2.24) is 14.9 Å². The number of hydrogen-bond acceptors (Lipinski definition) is 6. The van der Waals surface area contributed by atoms with Crippen LogP contribution in [0.25, 0.3) is 11.3 Å². The Morgan fingerprint density at radius 1 is 1.02 bits per heavy atom. The van der Waals surface area contributed by atoms with Crippen LogP contribution in [0.3, 0.4) is 0 Å². The summed E-state index contributed by atoms with van der Waals surface area (Å²) >= 11 is 0. The third kappa shape index (κ3) is 6.42. The van der Waals surface area contributed by atoms with Crippen molar-refractivity contribution in [3.63, 3.8) is 0 Å². The summed E-state index contributed by atoms with van der Waals surface area (Å²) in [5.74, 6) is 0.673. The summed E-state index contributed by atoms with van der Waals surface area (Å²) in [7, 11) is -4.61. The van der Waals surface area contributed by atoms with E-state index in [-0.39, 0.29) is 11.5 Å². The van der Waals surface area contributed by atoms with Crippen LogP contribution in [0.4, 0.5) is 19.0 Å². The highest BCUT2D eigenvalue weighted by molar-refractivity contribution is 7.92. The Hall–Kier alpha value is -4.38. The van der Waals surface area contributed by atoms with Crippen molar-refractivity contribution in [3.8, 4) is 11.3 Å². The van der Waals surface area contributed by atoms with Gasteiger partial charge in [0.25, 0.3) is 10.0 Å². The fourth-order valence-corrected chi connectivity index (χ4v) is 5.63. The zero-order chi connectivity index (χ0) is 28.2. The van der Waals surface area contributed by atoms with E-state index in [4.69, 9.17) is 4.74 Å². The summed E-state index contributed by atoms with van der Waals surface area (Å²) in [6.45, 7) is 0.566. The highest BCUT2D eigenvalue weighted by Gasteiger charge is 2.37. The number of allylic oxidation sites excluding steroid dienone is 4. The van der Waals surface area contributed by atoms with E-state index in [2.05, 4.69) is 32.9 Å². The van der Waals surface area contributed by atoms with E-state index in [0.29, 0.717) is 12.1 Å². The van der Waals surface area contributed by atoms with Crippen molar-refractivity contribution in [2.75, 3.05) is 4.72 Å². The van der Waals surface area contributed by atoms with Gasteiger partial charge in [0.2, 0.25) is 0 Å². The highest BCUT2D eigenvalue weighted by Crippen LogP contribution is 2.35. The maximum absolute atomic E-state index is 13.5. The highest BCUT2D eigenvalue weighted by atomic mass is 32.2. The molecule has 0 saturated heterocycles. The standard InChI is InChI=1S/C29H25F3N4O3S/c30-29(31,32)25-8-4-5-9-26(25)40(37,38)35-28-27(33-14-15-34-28)23-12-10-22(11-13-23)19-36-16-17-39-24(20-36)18-21-6-2-1-3-7-21/h1-2,4-6,8-17,20H,3,7,18-19H2,(H,34,35). The maximum Gasteiger partial charge on any atom is 0.417 e. The van der Waals surface area contributed by atoms with Gasteiger partial charge < -0.3 is 9.64 Å². The number of benzene rings is 2. The summed E-state index contributed by atoms with van der Waals surface area (Å²) in [5.41, 5.74) is 1.75. The first-order chi connectivity index (χ1) is 19.2. The molecule has 3 aromatic rings. The van der Waals surface area contributed by atoms with Crippen molar-refractivity contribution in [1.29, 1.82) is 0 Å². The number of nitrogens with one attached hydrogen (secondary N) is 1. The largest absolute Gasteiger partial charge is 0.466 e. The monoisotopic (exact) mass is 566 g/mol.